The Morgan fingerprint density at radius 3 is 0.881 bits per heavy atom. The zero-order valence-corrected chi connectivity index (χ0v) is 19.1. The van der Waals surface area contributed by atoms with Crippen molar-refractivity contribution in [3.8, 4) is 0 Å². The van der Waals surface area contributed by atoms with Crippen molar-refractivity contribution < 1.29 is 24.0 Å². The van der Waals surface area contributed by atoms with Crippen LogP contribution in [-0.2, 0) is 24.0 Å². The highest BCUT2D eigenvalue weighted by atomic mass is 16.2. The molecule has 8 heteroatoms. The normalized spacial score (nSPS) is 9.19. The van der Waals surface area contributed by atoms with Crippen molar-refractivity contribution in [3.63, 3.8) is 0 Å². The number of amides is 2. The number of hydrogen-bond donors (Lipinski definition) is 3. The summed E-state index contributed by atoms with van der Waals surface area (Å²) in [4.78, 5) is 60.5. The molecule has 0 aromatic carbocycles. The summed E-state index contributed by atoms with van der Waals surface area (Å²) in [5.74, 6) is -0.729. The highest BCUT2D eigenvalue weighted by Gasteiger charge is 2.23. The molecular weight excluding hydrogens is 530 g/mol. The molecule has 2 unspecified atom stereocenters. The number of rotatable bonds is 17. The standard InChI is InChI=1S/C22H39N3O5.12CH4/c1-6-15(23-5)13-21(29)25-17(12-20(28)9-4)14-22(30)24-16(10-18(26)7-2)11-19(27)8-3;;;;;;;;;;;;/h15-17,23H,6-14H2,1-5H3,(H,24,30)(H,25,29);12*1H4. The fraction of sp³-hybridized carbons (Fsp3) is 0.853. The molecule has 0 radical (unpaired) electrons. The van der Waals surface area contributed by atoms with Crippen LogP contribution >= 0.6 is 0 Å². The van der Waals surface area contributed by atoms with Gasteiger partial charge in [-0.25, -0.2) is 0 Å². The van der Waals surface area contributed by atoms with Gasteiger partial charge in [0.25, 0.3) is 0 Å². The zero-order valence-electron chi connectivity index (χ0n) is 19.1. The van der Waals surface area contributed by atoms with E-state index in [1.807, 2.05) is 6.92 Å². The Morgan fingerprint density at radius 2 is 0.667 bits per heavy atom. The topological polar surface area (TPSA) is 121 Å². The summed E-state index contributed by atoms with van der Waals surface area (Å²) < 4.78 is 0. The molecule has 268 valence electrons. The number of hydrogen-bond acceptors (Lipinski definition) is 6. The molecule has 0 spiro atoms. The molecule has 0 heterocycles. The number of Topliss-reactive ketones (excluding diaryl/α,β-unsaturated/α-hetero) is 3. The molecule has 2 amide bonds. The molecule has 0 aliphatic carbocycles. The lowest BCUT2D eigenvalue weighted by Crippen LogP contribution is -2.45. The van der Waals surface area contributed by atoms with Gasteiger partial charge in [-0.2, -0.15) is 0 Å². The van der Waals surface area contributed by atoms with Crippen LogP contribution < -0.4 is 16.0 Å². The smallest absolute Gasteiger partial charge is 0.222 e. The summed E-state index contributed by atoms with van der Waals surface area (Å²) in [6.45, 7) is 7.17. The molecule has 0 bridgehead atoms. The maximum atomic E-state index is 12.6. The van der Waals surface area contributed by atoms with E-state index in [0.717, 1.165) is 6.42 Å². The van der Waals surface area contributed by atoms with E-state index in [2.05, 4.69) is 16.0 Å². The number of ketones is 3. The Morgan fingerprint density at radius 1 is 0.429 bits per heavy atom. The van der Waals surface area contributed by atoms with Crippen LogP contribution in [0.1, 0.15) is 175 Å². The predicted molar refractivity (Wildman–Crippen MR) is 197 cm³/mol. The first-order valence-corrected chi connectivity index (χ1v) is 11.0. The first-order valence-electron chi connectivity index (χ1n) is 11.0. The van der Waals surface area contributed by atoms with Gasteiger partial charge in [0.15, 0.2) is 0 Å². The molecule has 0 aliphatic rings. The summed E-state index contributed by atoms with van der Waals surface area (Å²) in [6.07, 6.45) is 2.20. The average Bonchev–Trinajstić information content (AvgIpc) is 2.70. The van der Waals surface area contributed by atoms with Gasteiger partial charge >= 0.3 is 0 Å². The first kappa shape index (κ1) is 83.4. The third-order valence-electron chi connectivity index (χ3n) is 5.10. The number of nitrogens with one attached hydrogen (secondary N) is 3. The first-order chi connectivity index (χ1) is 14.2. The molecular formula is C34H87N3O5. The molecule has 3 N–H and O–H groups in total. The van der Waals surface area contributed by atoms with Crippen molar-refractivity contribution in [2.45, 2.75) is 193 Å². The second-order valence-corrected chi connectivity index (χ2v) is 7.62. The van der Waals surface area contributed by atoms with Crippen molar-refractivity contribution in [2.24, 2.45) is 0 Å². The van der Waals surface area contributed by atoms with Crippen LogP contribution in [0.2, 0.25) is 0 Å². The van der Waals surface area contributed by atoms with E-state index in [1.54, 1.807) is 27.8 Å². The van der Waals surface area contributed by atoms with Gasteiger partial charge in [-0.3, -0.25) is 24.0 Å². The van der Waals surface area contributed by atoms with Gasteiger partial charge in [0.1, 0.15) is 17.3 Å². The van der Waals surface area contributed by atoms with Gasteiger partial charge in [-0.1, -0.05) is 117 Å². The molecule has 0 aromatic rings. The maximum Gasteiger partial charge on any atom is 0.222 e. The van der Waals surface area contributed by atoms with Gasteiger partial charge in [-0.05, 0) is 13.5 Å². The summed E-state index contributed by atoms with van der Waals surface area (Å²) in [7, 11) is 1.78. The lowest BCUT2D eigenvalue weighted by atomic mass is 10.0. The summed E-state index contributed by atoms with van der Waals surface area (Å²) in [5.41, 5.74) is 0. The van der Waals surface area contributed by atoms with Crippen LogP contribution in [0.5, 0.6) is 0 Å². The molecule has 2 atom stereocenters. The van der Waals surface area contributed by atoms with Crippen LogP contribution in [0.15, 0.2) is 0 Å². The van der Waals surface area contributed by atoms with Crippen molar-refractivity contribution in [1.82, 2.24) is 16.0 Å². The lowest BCUT2D eigenvalue weighted by molar-refractivity contribution is -0.125. The summed E-state index contributed by atoms with van der Waals surface area (Å²) in [6, 6.07) is -1.17. The Bertz CT molecular complexity index is 574. The van der Waals surface area contributed by atoms with Crippen LogP contribution in [0.4, 0.5) is 0 Å². The summed E-state index contributed by atoms with van der Waals surface area (Å²) >= 11 is 0. The largest absolute Gasteiger partial charge is 0.352 e. The van der Waals surface area contributed by atoms with Gasteiger partial charge in [0, 0.05) is 69.5 Å². The Balaban J connectivity index is -0.0000000637. The molecule has 8 nitrogen and oxygen atoms in total. The van der Waals surface area contributed by atoms with Crippen LogP contribution in [-0.4, -0.2) is 54.3 Å². The lowest BCUT2D eigenvalue weighted by Gasteiger charge is -2.22. The van der Waals surface area contributed by atoms with E-state index < -0.39 is 12.1 Å². The number of carbonyl (C=O) groups is 5. The highest BCUT2D eigenvalue weighted by molar-refractivity contribution is 5.86. The van der Waals surface area contributed by atoms with Crippen molar-refractivity contribution in [2.75, 3.05) is 7.05 Å². The predicted octanol–water partition coefficient (Wildman–Crippen LogP) is 9.48. The minimum absolute atomic E-state index is 0. The fourth-order valence-corrected chi connectivity index (χ4v) is 3.08. The summed E-state index contributed by atoms with van der Waals surface area (Å²) in [5, 5.41) is 8.60. The third-order valence-corrected chi connectivity index (χ3v) is 5.10. The Hall–Kier alpha value is -2.09. The Kier molecular flexibility index (Phi) is 96.6. The van der Waals surface area contributed by atoms with Gasteiger partial charge < -0.3 is 16.0 Å². The van der Waals surface area contributed by atoms with Crippen molar-refractivity contribution in [3.05, 3.63) is 0 Å². The van der Waals surface area contributed by atoms with Gasteiger partial charge in [0.05, 0.1) is 0 Å². The zero-order chi connectivity index (χ0) is 23.1. The monoisotopic (exact) mass is 618 g/mol. The van der Waals surface area contributed by atoms with E-state index in [9.17, 15) is 24.0 Å². The fourth-order valence-electron chi connectivity index (χ4n) is 3.08. The molecule has 0 saturated heterocycles. The molecule has 0 fully saturated rings. The SMILES string of the molecule is C.C.C.C.C.C.C.C.C.C.C.C.CCC(=O)CC(CC(=O)CC)NC(=O)CC(CC(=O)CC)NC(=O)CC(CC)NC. The maximum absolute atomic E-state index is 12.6. The highest BCUT2D eigenvalue weighted by Crippen LogP contribution is 2.08. The second kappa shape index (κ2) is 48.6. The Labute approximate surface area is 268 Å². The molecule has 0 aromatic heterocycles. The van der Waals surface area contributed by atoms with Crippen molar-refractivity contribution in [1.29, 1.82) is 0 Å². The molecule has 0 rings (SSSR count). The van der Waals surface area contributed by atoms with E-state index in [0.29, 0.717) is 19.3 Å². The van der Waals surface area contributed by atoms with Crippen LogP contribution in [0.3, 0.4) is 0 Å². The third kappa shape index (κ3) is 40.1. The quantitative estimate of drug-likeness (QED) is 0.149. The molecule has 0 aliphatic heterocycles. The van der Waals surface area contributed by atoms with E-state index in [1.165, 1.54) is 0 Å². The minimum atomic E-state index is -0.622. The van der Waals surface area contributed by atoms with E-state index >= 15 is 0 Å². The van der Waals surface area contributed by atoms with E-state index in [-0.39, 0.29) is 156 Å². The molecule has 42 heavy (non-hydrogen) atoms. The second-order valence-electron chi connectivity index (χ2n) is 7.62. The van der Waals surface area contributed by atoms with Crippen LogP contribution in [0.25, 0.3) is 0 Å². The van der Waals surface area contributed by atoms with Gasteiger partial charge in [-0.15, -0.1) is 0 Å². The van der Waals surface area contributed by atoms with Crippen LogP contribution in [0, 0.1) is 0 Å². The van der Waals surface area contributed by atoms with Crippen molar-refractivity contribution >= 4 is 29.2 Å². The number of carbonyl (C=O) groups excluding carboxylic acids is 5. The molecule has 0 saturated carbocycles. The average molecular weight is 618 g/mol. The minimum Gasteiger partial charge on any atom is -0.352 e. The van der Waals surface area contributed by atoms with E-state index in [4.69, 9.17) is 0 Å². The van der Waals surface area contributed by atoms with Gasteiger partial charge in [0.2, 0.25) is 11.8 Å².